The van der Waals surface area contributed by atoms with E-state index in [-0.39, 0.29) is 12.1 Å². The smallest absolute Gasteiger partial charge is 0.306 e. The molecule has 3 aliphatic rings. The van der Waals surface area contributed by atoms with Gasteiger partial charge >= 0.3 is 5.97 Å². The summed E-state index contributed by atoms with van der Waals surface area (Å²) in [5.74, 6) is 5.01. The fourth-order valence-corrected chi connectivity index (χ4v) is 6.28. The number of hydrogen-bond acceptors (Lipinski definition) is 2. The summed E-state index contributed by atoms with van der Waals surface area (Å²) in [6, 6.07) is 0. The number of esters is 1. The molecule has 3 saturated carbocycles. The third-order valence-electron chi connectivity index (χ3n) is 8.09. The van der Waals surface area contributed by atoms with Crippen LogP contribution in [0, 0.1) is 29.6 Å². The van der Waals surface area contributed by atoms with Crippen molar-refractivity contribution in [3.8, 4) is 0 Å². The van der Waals surface area contributed by atoms with Crippen molar-refractivity contribution in [2.75, 3.05) is 0 Å². The molecule has 0 atom stereocenters. The fourth-order valence-electron chi connectivity index (χ4n) is 6.28. The molecular weight excluding hydrogens is 320 g/mol. The highest BCUT2D eigenvalue weighted by Crippen LogP contribution is 2.45. The largest absolute Gasteiger partial charge is 0.462 e. The van der Waals surface area contributed by atoms with Crippen LogP contribution in [0.25, 0.3) is 0 Å². The van der Waals surface area contributed by atoms with Gasteiger partial charge in [-0.1, -0.05) is 33.1 Å². The normalized spacial score (nSPS) is 38.7. The minimum Gasteiger partial charge on any atom is -0.462 e. The molecule has 0 aromatic heterocycles. The van der Waals surface area contributed by atoms with Crippen LogP contribution in [0.1, 0.15) is 110 Å². The van der Waals surface area contributed by atoms with Gasteiger partial charge in [-0.2, -0.15) is 0 Å². The molecular formula is C24H42O2. The summed E-state index contributed by atoms with van der Waals surface area (Å²) in [5.41, 5.74) is 0. The van der Waals surface area contributed by atoms with E-state index < -0.39 is 0 Å². The predicted octanol–water partition coefficient (Wildman–Crippen LogP) is 6.91. The van der Waals surface area contributed by atoms with Gasteiger partial charge in [0.25, 0.3) is 0 Å². The predicted molar refractivity (Wildman–Crippen MR) is 108 cm³/mol. The second-order valence-electron chi connectivity index (χ2n) is 9.64. The van der Waals surface area contributed by atoms with Gasteiger partial charge in [0, 0.05) is 6.42 Å². The maximum Gasteiger partial charge on any atom is 0.306 e. The van der Waals surface area contributed by atoms with Crippen molar-refractivity contribution in [1.82, 2.24) is 0 Å². The van der Waals surface area contributed by atoms with Gasteiger partial charge in [0.05, 0.1) is 0 Å². The number of carbonyl (C=O) groups excluding carboxylic acids is 1. The van der Waals surface area contributed by atoms with Crippen molar-refractivity contribution >= 4 is 5.97 Å². The summed E-state index contributed by atoms with van der Waals surface area (Å²) >= 11 is 0. The van der Waals surface area contributed by atoms with Crippen molar-refractivity contribution in [1.29, 1.82) is 0 Å². The van der Waals surface area contributed by atoms with Crippen LogP contribution >= 0.6 is 0 Å². The average Bonchev–Trinajstić information content (AvgIpc) is 2.69. The van der Waals surface area contributed by atoms with E-state index in [1.165, 1.54) is 70.6 Å². The Bertz CT molecular complexity index is 408. The van der Waals surface area contributed by atoms with Gasteiger partial charge in [0.2, 0.25) is 0 Å². The van der Waals surface area contributed by atoms with Crippen LogP contribution in [-0.2, 0) is 9.53 Å². The van der Waals surface area contributed by atoms with Crippen LogP contribution in [0.5, 0.6) is 0 Å². The van der Waals surface area contributed by atoms with E-state index >= 15 is 0 Å². The zero-order chi connectivity index (χ0) is 18.4. The molecule has 150 valence electrons. The summed E-state index contributed by atoms with van der Waals surface area (Å²) < 4.78 is 5.64. The minimum absolute atomic E-state index is 0.0225. The molecule has 0 spiro atoms. The van der Waals surface area contributed by atoms with Crippen molar-refractivity contribution in [3.63, 3.8) is 0 Å². The van der Waals surface area contributed by atoms with Gasteiger partial charge in [0.15, 0.2) is 0 Å². The molecule has 0 aliphatic heterocycles. The SMILES string of the molecule is CCCC(=O)O[C@H]1CC[C@H]([C@H]2CC[C@H]([C@H]3CC[C@H](CC)CC3)CC2)CC1. The first kappa shape index (κ1) is 20.2. The van der Waals surface area contributed by atoms with Crippen molar-refractivity contribution in [3.05, 3.63) is 0 Å². The molecule has 3 fully saturated rings. The molecule has 0 radical (unpaired) electrons. The van der Waals surface area contributed by atoms with Gasteiger partial charge in [-0.3, -0.25) is 4.79 Å². The summed E-state index contributed by atoms with van der Waals surface area (Å²) in [7, 11) is 0. The third-order valence-corrected chi connectivity index (χ3v) is 8.09. The molecule has 0 N–H and O–H groups in total. The number of ether oxygens (including phenoxy) is 1. The summed E-state index contributed by atoms with van der Waals surface area (Å²) in [6.07, 6.45) is 19.9. The van der Waals surface area contributed by atoms with Gasteiger partial charge in [-0.15, -0.1) is 0 Å². The molecule has 2 heteroatoms. The standard InChI is InChI=1S/C24H42O2/c1-3-5-24(25)26-23-16-14-22(15-17-23)21-12-10-20(11-13-21)19-8-6-18(4-2)7-9-19/h18-23H,3-17H2,1-2H3/t18-,19-,20-,21-,22-,23-. The van der Waals surface area contributed by atoms with Gasteiger partial charge < -0.3 is 4.74 Å². The number of hydrogen-bond donors (Lipinski definition) is 0. The Kier molecular flexibility index (Phi) is 7.88. The number of carbonyl (C=O) groups is 1. The molecule has 26 heavy (non-hydrogen) atoms. The van der Waals surface area contributed by atoms with Crippen LogP contribution in [0.2, 0.25) is 0 Å². The summed E-state index contributed by atoms with van der Waals surface area (Å²) in [5, 5.41) is 0. The third kappa shape index (κ3) is 5.49. The van der Waals surface area contributed by atoms with Crippen LogP contribution in [0.4, 0.5) is 0 Å². The van der Waals surface area contributed by atoms with Gasteiger partial charge in [-0.25, -0.2) is 0 Å². The lowest BCUT2D eigenvalue weighted by Gasteiger charge is -2.41. The van der Waals surface area contributed by atoms with Crippen LogP contribution in [0.3, 0.4) is 0 Å². The lowest BCUT2D eigenvalue weighted by Crippen LogP contribution is -2.31. The topological polar surface area (TPSA) is 26.3 Å². The Morgan fingerprint density at radius 3 is 1.54 bits per heavy atom. The van der Waals surface area contributed by atoms with Crippen LogP contribution in [0.15, 0.2) is 0 Å². The van der Waals surface area contributed by atoms with Gasteiger partial charge in [0.1, 0.15) is 6.10 Å². The Morgan fingerprint density at radius 1 is 0.692 bits per heavy atom. The highest BCUT2D eigenvalue weighted by atomic mass is 16.5. The van der Waals surface area contributed by atoms with E-state index in [0.29, 0.717) is 6.42 Å². The first-order chi connectivity index (χ1) is 12.7. The molecule has 0 saturated heterocycles. The van der Waals surface area contributed by atoms with E-state index in [2.05, 4.69) is 6.92 Å². The van der Waals surface area contributed by atoms with E-state index in [4.69, 9.17) is 4.74 Å². The molecule has 0 unspecified atom stereocenters. The maximum absolute atomic E-state index is 11.7. The highest BCUT2D eigenvalue weighted by molar-refractivity contribution is 5.69. The van der Waals surface area contributed by atoms with Crippen molar-refractivity contribution in [2.24, 2.45) is 29.6 Å². The first-order valence-electron chi connectivity index (χ1n) is 11.9. The molecule has 0 aromatic carbocycles. The van der Waals surface area contributed by atoms with Crippen molar-refractivity contribution in [2.45, 2.75) is 116 Å². The molecule has 0 amide bonds. The molecule has 2 nitrogen and oxygen atoms in total. The van der Waals surface area contributed by atoms with E-state index in [1.807, 2.05) is 6.92 Å². The molecule has 0 bridgehead atoms. The fraction of sp³-hybridized carbons (Fsp3) is 0.958. The second kappa shape index (κ2) is 10.1. The molecule has 3 rings (SSSR count). The van der Waals surface area contributed by atoms with Crippen molar-refractivity contribution < 1.29 is 9.53 Å². The Morgan fingerprint density at radius 2 is 1.12 bits per heavy atom. The minimum atomic E-state index is 0.0225. The van der Waals surface area contributed by atoms with E-state index in [1.54, 1.807) is 0 Å². The quantitative estimate of drug-likeness (QED) is 0.480. The van der Waals surface area contributed by atoms with Crippen LogP contribution < -0.4 is 0 Å². The van der Waals surface area contributed by atoms with E-state index in [0.717, 1.165) is 48.9 Å². The second-order valence-corrected chi connectivity index (χ2v) is 9.64. The average molecular weight is 363 g/mol. The Balaban J connectivity index is 1.35. The summed E-state index contributed by atoms with van der Waals surface area (Å²) in [6.45, 7) is 4.42. The zero-order valence-corrected chi connectivity index (χ0v) is 17.4. The Labute approximate surface area is 161 Å². The van der Waals surface area contributed by atoms with E-state index in [9.17, 15) is 4.79 Å². The van der Waals surface area contributed by atoms with Crippen LogP contribution in [-0.4, -0.2) is 12.1 Å². The maximum atomic E-state index is 11.7. The molecule has 0 aromatic rings. The summed E-state index contributed by atoms with van der Waals surface area (Å²) in [4.78, 5) is 11.7. The zero-order valence-electron chi connectivity index (χ0n) is 17.4. The molecule has 3 aliphatic carbocycles. The number of rotatable bonds is 6. The first-order valence-corrected chi connectivity index (χ1v) is 11.9. The monoisotopic (exact) mass is 362 g/mol. The highest BCUT2D eigenvalue weighted by Gasteiger charge is 2.34. The lowest BCUT2D eigenvalue weighted by atomic mass is 9.65. The van der Waals surface area contributed by atoms with Gasteiger partial charge in [-0.05, 0) is 100 Å². The lowest BCUT2D eigenvalue weighted by molar-refractivity contribution is -0.151. The Hall–Kier alpha value is -0.530. The molecule has 0 heterocycles.